The fourth-order valence-electron chi connectivity index (χ4n) is 4.54. The molecule has 2 atom stereocenters. The Morgan fingerprint density at radius 2 is 1.44 bits per heavy atom. The molecule has 0 saturated carbocycles. The average molecular weight is 529 g/mol. The van der Waals surface area contributed by atoms with Gasteiger partial charge in [-0.25, -0.2) is 0 Å². The maximum atomic E-state index is 14.0. The van der Waals surface area contributed by atoms with E-state index in [1.165, 1.54) is 15.9 Å². The van der Waals surface area contributed by atoms with Crippen LogP contribution in [0.4, 0.5) is 0 Å². The van der Waals surface area contributed by atoms with Gasteiger partial charge in [0.1, 0.15) is 6.04 Å². The molecule has 39 heavy (non-hydrogen) atoms. The number of likely N-dealkylation sites (N-methyl/N-ethyl adjacent to an activating group) is 2. The van der Waals surface area contributed by atoms with Gasteiger partial charge in [-0.15, -0.1) is 0 Å². The molecule has 3 aromatic carbocycles. The second-order valence-electron chi connectivity index (χ2n) is 10.8. The maximum Gasteiger partial charge on any atom is 0.246 e. The van der Waals surface area contributed by atoms with Crippen molar-refractivity contribution in [2.24, 2.45) is 11.5 Å². The van der Waals surface area contributed by atoms with Crippen LogP contribution in [0.3, 0.4) is 0 Å². The molecule has 7 heteroatoms. The van der Waals surface area contributed by atoms with Crippen LogP contribution in [-0.4, -0.2) is 65.7 Å². The van der Waals surface area contributed by atoms with E-state index >= 15 is 0 Å². The quantitative estimate of drug-likeness (QED) is 0.350. The van der Waals surface area contributed by atoms with E-state index in [2.05, 4.69) is 0 Å². The van der Waals surface area contributed by atoms with Crippen LogP contribution < -0.4 is 11.5 Å². The van der Waals surface area contributed by atoms with Gasteiger partial charge in [0, 0.05) is 26.1 Å². The molecule has 0 heterocycles. The van der Waals surface area contributed by atoms with Crippen molar-refractivity contribution in [2.75, 3.05) is 20.6 Å². The highest BCUT2D eigenvalue weighted by molar-refractivity contribution is 5.96. The largest absolute Gasteiger partial charge is 0.334 e. The number of Topliss-reactive ketones (excluding diaryl/α,β-unsaturated/α-hetero) is 1. The molecular weight excluding hydrogens is 488 g/mol. The summed E-state index contributed by atoms with van der Waals surface area (Å²) >= 11 is 0. The predicted octanol–water partition coefficient (Wildman–Crippen LogP) is 3.49. The summed E-state index contributed by atoms with van der Waals surface area (Å²) in [5.41, 5.74) is 13.2. The van der Waals surface area contributed by atoms with Gasteiger partial charge in [0.25, 0.3) is 0 Å². The topological polar surface area (TPSA) is 110 Å². The molecule has 0 bridgehead atoms. The zero-order chi connectivity index (χ0) is 28.6. The second kappa shape index (κ2) is 13.3. The number of fused-ring (bicyclic) bond motifs is 1. The highest BCUT2D eigenvalue weighted by Crippen LogP contribution is 2.20. The lowest BCUT2D eigenvalue weighted by Crippen LogP contribution is -2.54. The lowest BCUT2D eigenvalue weighted by Gasteiger charge is -2.34. The minimum absolute atomic E-state index is 0.184. The zero-order valence-electron chi connectivity index (χ0n) is 23.3. The Morgan fingerprint density at radius 3 is 2.08 bits per heavy atom. The summed E-state index contributed by atoms with van der Waals surface area (Å²) in [5, 5.41) is 2.14. The molecule has 0 aromatic heterocycles. The number of ketones is 1. The van der Waals surface area contributed by atoms with E-state index in [0.29, 0.717) is 19.3 Å². The molecule has 0 fully saturated rings. The van der Waals surface area contributed by atoms with Crippen molar-refractivity contribution < 1.29 is 14.4 Å². The second-order valence-corrected chi connectivity index (χ2v) is 10.8. The van der Waals surface area contributed by atoms with Crippen LogP contribution >= 0.6 is 0 Å². The lowest BCUT2D eigenvalue weighted by molar-refractivity contribution is -0.145. The van der Waals surface area contributed by atoms with Crippen LogP contribution in [0.2, 0.25) is 0 Å². The Hall–Kier alpha value is -3.81. The van der Waals surface area contributed by atoms with Gasteiger partial charge in [0.15, 0.2) is 5.78 Å². The summed E-state index contributed by atoms with van der Waals surface area (Å²) in [4.78, 5) is 43.0. The monoisotopic (exact) mass is 528 g/mol. The third-order valence-corrected chi connectivity index (χ3v) is 6.91. The van der Waals surface area contributed by atoms with Crippen LogP contribution in [0.15, 0.2) is 84.9 Å². The van der Waals surface area contributed by atoms with Crippen molar-refractivity contribution in [3.63, 3.8) is 0 Å². The smallest absolute Gasteiger partial charge is 0.246 e. The standard InChI is InChI=1S/C32H40N4O3/c1-32(2,34)18-10-15-30(38)35(3)28(21-24-16-17-25-13-8-9-14-26(25)19-24)31(39)36(4)27(29(37)22-33)20-23-11-6-5-7-12-23/h5-17,19,27-28H,18,20-22,33-34H2,1-4H3/b15-10-/t27-,28-/m1/s1. The molecule has 3 rings (SSSR count). The summed E-state index contributed by atoms with van der Waals surface area (Å²) in [6, 6.07) is 22.0. The van der Waals surface area contributed by atoms with Crippen LogP contribution in [0.5, 0.6) is 0 Å². The van der Waals surface area contributed by atoms with Crippen LogP contribution in [0, 0.1) is 0 Å². The highest BCUT2D eigenvalue weighted by Gasteiger charge is 2.34. The average Bonchev–Trinajstić information content (AvgIpc) is 2.92. The molecule has 0 saturated heterocycles. The van der Waals surface area contributed by atoms with E-state index < -0.39 is 17.6 Å². The van der Waals surface area contributed by atoms with E-state index in [1.54, 1.807) is 20.2 Å². The van der Waals surface area contributed by atoms with Crippen LogP contribution in [-0.2, 0) is 27.2 Å². The highest BCUT2D eigenvalue weighted by atomic mass is 16.2. The van der Waals surface area contributed by atoms with Gasteiger partial charge in [0.2, 0.25) is 11.8 Å². The van der Waals surface area contributed by atoms with E-state index in [0.717, 1.165) is 21.9 Å². The van der Waals surface area contributed by atoms with Gasteiger partial charge >= 0.3 is 0 Å². The first-order chi connectivity index (χ1) is 18.5. The SMILES string of the molecule is CN(C(=O)/C=C\CC(C)(C)N)[C@H](Cc1ccc2ccccc2c1)C(=O)N(C)[C@H](Cc1ccccc1)C(=O)CN. The number of hydrogen-bond acceptors (Lipinski definition) is 5. The number of carbonyl (C=O) groups is 3. The number of amides is 2. The van der Waals surface area contributed by atoms with Crippen molar-refractivity contribution in [1.29, 1.82) is 0 Å². The fourth-order valence-corrected chi connectivity index (χ4v) is 4.54. The molecular formula is C32H40N4O3. The summed E-state index contributed by atoms with van der Waals surface area (Å²) in [6.07, 6.45) is 4.34. The summed E-state index contributed by atoms with van der Waals surface area (Å²) in [5.74, 6) is -0.871. The van der Waals surface area contributed by atoms with E-state index in [1.807, 2.05) is 86.6 Å². The van der Waals surface area contributed by atoms with Crippen LogP contribution in [0.1, 0.15) is 31.4 Å². The molecule has 4 N–H and O–H groups in total. The number of carbonyl (C=O) groups excluding carboxylic acids is 3. The summed E-state index contributed by atoms with van der Waals surface area (Å²) in [7, 11) is 3.23. The van der Waals surface area contributed by atoms with Gasteiger partial charge in [-0.3, -0.25) is 14.4 Å². The van der Waals surface area contributed by atoms with Gasteiger partial charge < -0.3 is 21.3 Å². The summed E-state index contributed by atoms with van der Waals surface area (Å²) < 4.78 is 0. The lowest BCUT2D eigenvalue weighted by atomic mass is 9.97. The number of hydrogen-bond donors (Lipinski definition) is 2. The molecule has 0 aliphatic heterocycles. The first-order valence-corrected chi connectivity index (χ1v) is 13.2. The van der Waals surface area contributed by atoms with E-state index in [9.17, 15) is 14.4 Å². The molecule has 0 unspecified atom stereocenters. The Morgan fingerprint density at radius 1 is 0.821 bits per heavy atom. The molecule has 0 spiro atoms. The Bertz CT molecular complexity index is 1310. The van der Waals surface area contributed by atoms with Gasteiger partial charge in [-0.1, -0.05) is 78.9 Å². The van der Waals surface area contributed by atoms with Crippen molar-refractivity contribution >= 4 is 28.4 Å². The first kappa shape index (κ1) is 29.7. The molecule has 0 aliphatic rings. The molecule has 7 nitrogen and oxygen atoms in total. The Kier molecular flexibility index (Phi) is 10.2. The van der Waals surface area contributed by atoms with Crippen molar-refractivity contribution in [3.8, 4) is 0 Å². The van der Waals surface area contributed by atoms with Gasteiger partial charge in [0.05, 0.1) is 12.6 Å². The van der Waals surface area contributed by atoms with Crippen LogP contribution in [0.25, 0.3) is 10.8 Å². The number of rotatable bonds is 12. The minimum atomic E-state index is -0.831. The number of nitrogens with two attached hydrogens (primary N) is 2. The van der Waals surface area contributed by atoms with Gasteiger partial charge in [-0.05, 0) is 54.7 Å². The molecule has 3 aromatic rings. The first-order valence-electron chi connectivity index (χ1n) is 13.2. The Balaban J connectivity index is 1.93. The van der Waals surface area contributed by atoms with Crippen molar-refractivity contribution in [1.82, 2.24) is 9.80 Å². The summed E-state index contributed by atoms with van der Waals surface area (Å²) in [6.45, 7) is 3.58. The third-order valence-electron chi connectivity index (χ3n) is 6.91. The molecule has 0 aliphatic carbocycles. The molecule has 2 amide bonds. The maximum absolute atomic E-state index is 14.0. The van der Waals surface area contributed by atoms with Gasteiger partial charge in [-0.2, -0.15) is 0 Å². The predicted molar refractivity (Wildman–Crippen MR) is 157 cm³/mol. The molecule has 206 valence electrons. The zero-order valence-corrected chi connectivity index (χ0v) is 23.3. The van der Waals surface area contributed by atoms with E-state index in [4.69, 9.17) is 11.5 Å². The molecule has 0 radical (unpaired) electrons. The minimum Gasteiger partial charge on any atom is -0.334 e. The third kappa shape index (κ3) is 8.34. The Labute approximate surface area is 231 Å². The normalized spacial score (nSPS) is 13.3. The van der Waals surface area contributed by atoms with Crippen molar-refractivity contribution in [3.05, 3.63) is 96.1 Å². The van der Waals surface area contributed by atoms with Crippen molar-refractivity contribution in [2.45, 2.75) is 50.7 Å². The fraction of sp³-hybridized carbons (Fsp3) is 0.344. The number of nitrogens with zero attached hydrogens (tertiary/aromatic N) is 2. The van der Waals surface area contributed by atoms with E-state index in [-0.39, 0.29) is 24.1 Å². The number of benzene rings is 3.